The summed E-state index contributed by atoms with van der Waals surface area (Å²) in [6.45, 7) is 4.08. The van der Waals surface area contributed by atoms with Gasteiger partial charge < -0.3 is 14.6 Å². The van der Waals surface area contributed by atoms with E-state index in [1.165, 1.54) is 4.90 Å². The van der Waals surface area contributed by atoms with Gasteiger partial charge in [0.15, 0.2) is 0 Å². The predicted octanol–water partition coefficient (Wildman–Crippen LogP) is -0.593. The van der Waals surface area contributed by atoms with Gasteiger partial charge in [-0.15, -0.1) is 0 Å². The lowest BCUT2D eigenvalue weighted by atomic mass is 10.4. The van der Waals surface area contributed by atoms with Gasteiger partial charge in [0.05, 0.1) is 32.9 Å². The quantitative estimate of drug-likeness (QED) is 0.565. The van der Waals surface area contributed by atoms with E-state index in [0.717, 1.165) is 0 Å². The van der Waals surface area contributed by atoms with Crippen LogP contribution in [0.4, 0.5) is 0 Å². The van der Waals surface area contributed by atoms with Crippen molar-refractivity contribution in [1.29, 1.82) is 0 Å². The molecule has 0 fully saturated rings. The van der Waals surface area contributed by atoms with Crippen LogP contribution in [0.5, 0.6) is 0 Å². The lowest BCUT2D eigenvalue weighted by Crippen LogP contribution is -2.37. The second kappa shape index (κ2) is 9.11. The van der Waals surface area contributed by atoms with E-state index in [9.17, 15) is 9.59 Å². The lowest BCUT2D eigenvalue weighted by molar-refractivity contribution is -0.148. The number of nitrogens with zero attached hydrogens (tertiary/aromatic N) is 1. The highest BCUT2D eigenvalue weighted by molar-refractivity contribution is 5.75. The molecule has 0 aliphatic heterocycles. The van der Waals surface area contributed by atoms with Crippen molar-refractivity contribution in [3.8, 4) is 0 Å². The molecule has 0 radical (unpaired) electrons. The molecule has 1 N–H and O–H groups in total. The van der Waals surface area contributed by atoms with E-state index in [0.29, 0.717) is 13.2 Å². The number of aliphatic hydroxyl groups excluding tert-OH is 1. The Morgan fingerprint density at radius 3 is 1.81 bits per heavy atom. The van der Waals surface area contributed by atoms with Crippen LogP contribution < -0.4 is 0 Å². The van der Waals surface area contributed by atoms with E-state index >= 15 is 0 Å². The standard InChI is InChI=1S/C10H19NO5/c1-3-15-9(13)7-11(5-6-12)8-10(14)16-4-2/h12H,3-8H2,1-2H3. The number of carbonyl (C=O) groups excluding carboxylic acids is 2. The van der Waals surface area contributed by atoms with E-state index in [1.54, 1.807) is 13.8 Å². The minimum absolute atomic E-state index is 0.0206. The van der Waals surface area contributed by atoms with Crippen LogP contribution >= 0.6 is 0 Å². The van der Waals surface area contributed by atoms with Gasteiger partial charge in [0.25, 0.3) is 0 Å². The van der Waals surface area contributed by atoms with Crippen molar-refractivity contribution < 1.29 is 24.2 Å². The Hall–Kier alpha value is -1.14. The Balaban J connectivity index is 4.05. The minimum atomic E-state index is -0.416. The molecule has 0 bridgehead atoms. The maximum atomic E-state index is 11.2. The SMILES string of the molecule is CCOC(=O)CN(CCO)CC(=O)OCC. The molecule has 0 aromatic heterocycles. The molecule has 16 heavy (non-hydrogen) atoms. The van der Waals surface area contributed by atoms with Crippen molar-refractivity contribution in [1.82, 2.24) is 4.90 Å². The Kier molecular flexibility index (Phi) is 8.46. The normalized spacial score (nSPS) is 10.2. The molecular formula is C10H19NO5. The summed E-state index contributed by atoms with van der Waals surface area (Å²) >= 11 is 0. The second-order valence-corrected chi connectivity index (χ2v) is 3.04. The molecule has 0 rings (SSSR count). The molecule has 0 heterocycles. The number of esters is 2. The third-order valence-corrected chi connectivity index (χ3v) is 1.73. The van der Waals surface area contributed by atoms with E-state index in [4.69, 9.17) is 14.6 Å². The summed E-state index contributed by atoms with van der Waals surface area (Å²) in [6, 6.07) is 0. The second-order valence-electron chi connectivity index (χ2n) is 3.04. The molecule has 0 aromatic carbocycles. The van der Waals surface area contributed by atoms with Gasteiger partial charge in [-0.2, -0.15) is 0 Å². The Labute approximate surface area is 95.1 Å². The van der Waals surface area contributed by atoms with Gasteiger partial charge in [0.1, 0.15) is 0 Å². The number of aliphatic hydroxyl groups is 1. The molecule has 0 aromatic rings. The van der Waals surface area contributed by atoms with Crippen molar-refractivity contribution in [3.05, 3.63) is 0 Å². The number of carbonyl (C=O) groups is 2. The van der Waals surface area contributed by atoms with Gasteiger partial charge in [0, 0.05) is 6.54 Å². The summed E-state index contributed by atoms with van der Waals surface area (Å²) in [6.07, 6.45) is 0. The van der Waals surface area contributed by atoms with Crippen molar-refractivity contribution in [2.24, 2.45) is 0 Å². The van der Waals surface area contributed by atoms with Crippen LogP contribution in [0.15, 0.2) is 0 Å². The minimum Gasteiger partial charge on any atom is -0.465 e. The lowest BCUT2D eigenvalue weighted by Gasteiger charge is -2.18. The summed E-state index contributed by atoms with van der Waals surface area (Å²) < 4.78 is 9.49. The molecule has 6 nitrogen and oxygen atoms in total. The molecule has 0 unspecified atom stereocenters. The summed E-state index contributed by atoms with van der Waals surface area (Å²) in [7, 11) is 0. The summed E-state index contributed by atoms with van der Waals surface area (Å²) in [5.74, 6) is -0.833. The number of hydrogen-bond donors (Lipinski definition) is 1. The fraction of sp³-hybridized carbons (Fsp3) is 0.800. The number of hydrogen-bond acceptors (Lipinski definition) is 6. The summed E-state index contributed by atoms with van der Waals surface area (Å²) in [4.78, 5) is 23.8. The van der Waals surface area contributed by atoms with Gasteiger partial charge >= 0.3 is 11.9 Å². The topological polar surface area (TPSA) is 76.1 Å². The van der Waals surface area contributed by atoms with E-state index in [-0.39, 0.29) is 26.2 Å². The van der Waals surface area contributed by atoms with Gasteiger partial charge in [0.2, 0.25) is 0 Å². The van der Waals surface area contributed by atoms with Gasteiger partial charge in [-0.3, -0.25) is 14.5 Å². The first-order chi connectivity index (χ1) is 7.63. The molecule has 0 saturated carbocycles. The zero-order valence-electron chi connectivity index (χ0n) is 9.77. The number of ether oxygens (including phenoxy) is 2. The summed E-state index contributed by atoms with van der Waals surface area (Å²) in [5, 5.41) is 8.78. The first-order valence-corrected chi connectivity index (χ1v) is 5.28. The maximum absolute atomic E-state index is 11.2. The highest BCUT2D eigenvalue weighted by Gasteiger charge is 2.15. The smallest absolute Gasteiger partial charge is 0.320 e. The predicted molar refractivity (Wildman–Crippen MR) is 56.8 cm³/mol. The van der Waals surface area contributed by atoms with Gasteiger partial charge in [-0.05, 0) is 13.8 Å². The zero-order valence-corrected chi connectivity index (χ0v) is 9.77. The van der Waals surface area contributed by atoms with E-state index in [2.05, 4.69) is 0 Å². The molecule has 6 heteroatoms. The first-order valence-electron chi connectivity index (χ1n) is 5.28. The van der Waals surface area contributed by atoms with Crippen LogP contribution in [-0.4, -0.2) is 61.4 Å². The average molecular weight is 233 g/mol. The molecular weight excluding hydrogens is 214 g/mol. The molecule has 0 aliphatic carbocycles. The summed E-state index contributed by atoms with van der Waals surface area (Å²) in [5.41, 5.74) is 0. The largest absolute Gasteiger partial charge is 0.465 e. The van der Waals surface area contributed by atoms with Gasteiger partial charge in [-0.25, -0.2) is 0 Å². The zero-order chi connectivity index (χ0) is 12.4. The molecule has 0 aliphatic rings. The Morgan fingerprint density at radius 2 is 1.50 bits per heavy atom. The molecule has 0 spiro atoms. The van der Waals surface area contributed by atoms with Crippen LogP contribution in [0.3, 0.4) is 0 Å². The average Bonchev–Trinajstić information content (AvgIpc) is 2.18. The van der Waals surface area contributed by atoms with Crippen molar-refractivity contribution in [2.75, 3.05) is 39.5 Å². The van der Waals surface area contributed by atoms with Crippen LogP contribution in [0.2, 0.25) is 0 Å². The maximum Gasteiger partial charge on any atom is 0.320 e. The molecule has 0 saturated heterocycles. The van der Waals surface area contributed by atoms with Crippen molar-refractivity contribution in [3.63, 3.8) is 0 Å². The monoisotopic (exact) mass is 233 g/mol. The van der Waals surface area contributed by atoms with E-state index < -0.39 is 11.9 Å². The van der Waals surface area contributed by atoms with Crippen LogP contribution in [0, 0.1) is 0 Å². The highest BCUT2D eigenvalue weighted by atomic mass is 16.5. The molecule has 0 amide bonds. The molecule has 0 atom stereocenters. The van der Waals surface area contributed by atoms with Crippen LogP contribution in [0.1, 0.15) is 13.8 Å². The Morgan fingerprint density at radius 1 is 1.06 bits per heavy atom. The third kappa shape index (κ3) is 7.19. The Bertz CT molecular complexity index is 199. The third-order valence-electron chi connectivity index (χ3n) is 1.73. The van der Waals surface area contributed by atoms with Crippen molar-refractivity contribution >= 4 is 11.9 Å². The van der Waals surface area contributed by atoms with Crippen LogP contribution in [-0.2, 0) is 19.1 Å². The number of rotatable bonds is 8. The van der Waals surface area contributed by atoms with Gasteiger partial charge in [-0.1, -0.05) is 0 Å². The van der Waals surface area contributed by atoms with Crippen molar-refractivity contribution in [2.45, 2.75) is 13.8 Å². The van der Waals surface area contributed by atoms with E-state index in [1.807, 2.05) is 0 Å². The van der Waals surface area contributed by atoms with Crippen LogP contribution in [0.25, 0.3) is 0 Å². The fourth-order valence-corrected chi connectivity index (χ4v) is 1.13. The fourth-order valence-electron chi connectivity index (χ4n) is 1.13. The first kappa shape index (κ1) is 14.9. The molecule has 94 valence electrons. The highest BCUT2D eigenvalue weighted by Crippen LogP contribution is 1.92.